The lowest BCUT2D eigenvalue weighted by atomic mass is 10.4. The van der Waals surface area contributed by atoms with E-state index in [2.05, 4.69) is 14.7 Å². The molecule has 0 fully saturated rings. The third-order valence-electron chi connectivity index (χ3n) is 1.40. The van der Waals surface area contributed by atoms with Crippen molar-refractivity contribution in [2.45, 2.75) is 0 Å². The highest BCUT2D eigenvalue weighted by Crippen LogP contribution is 2.17. The molecule has 0 radical (unpaired) electrons. The normalized spacial score (nSPS) is 10.2. The second kappa shape index (κ2) is 2.74. The van der Waals surface area contributed by atoms with Gasteiger partial charge in [-0.3, -0.25) is 0 Å². The number of aromatic carboxylic acids is 1. The fraction of sp³-hybridized carbons (Fsp3) is 0. The number of hydrogen-bond acceptors (Lipinski definition) is 5. The number of carbonyl (C=O) groups is 1. The van der Waals surface area contributed by atoms with Gasteiger partial charge in [0.25, 0.3) is 0 Å². The highest BCUT2D eigenvalue weighted by atomic mass is 16.5. The van der Waals surface area contributed by atoms with Crippen LogP contribution in [0.1, 0.15) is 10.6 Å². The fourth-order valence-electron chi connectivity index (χ4n) is 0.817. The average Bonchev–Trinajstić information content (AvgIpc) is 2.75. The zero-order valence-corrected chi connectivity index (χ0v) is 6.30. The van der Waals surface area contributed by atoms with E-state index in [9.17, 15) is 4.79 Å². The first-order chi connectivity index (χ1) is 6.27. The quantitative estimate of drug-likeness (QED) is 0.742. The van der Waals surface area contributed by atoms with Crippen LogP contribution >= 0.6 is 0 Å². The lowest BCUT2D eigenvalue weighted by molar-refractivity contribution is 0.0663. The summed E-state index contributed by atoms with van der Waals surface area (Å²) in [6.45, 7) is 0. The summed E-state index contributed by atoms with van der Waals surface area (Å²) in [5.41, 5.74) is 0.507. The molecule has 0 aliphatic rings. The number of hydrogen-bond donors (Lipinski definition) is 1. The molecule has 2 aromatic heterocycles. The third kappa shape index (κ3) is 1.28. The molecule has 0 saturated heterocycles. The topological polar surface area (TPSA) is 89.4 Å². The lowest BCUT2D eigenvalue weighted by Gasteiger charge is -1.84. The molecular formula is C7H4N2O4. The first-order valence-electron chi connectivity index (χ1n) is 3.36. The number of rotatable bonds is 2. The molecule has 0 aliphatic heterocycles. The van der Waals surface area contributed by atoms with Gasteiger partial charge in [0.2, 0.25) is 11.7 Å². The van der Waals surface area contributed by atoms with E-state index in [1.54, 1.807) is 0 Å². The van der Waals surface area contributed by atoms with Gasteiger partial charge in [-0.25, -0.2) is 9.78 Å². The fourth-order valence-corrected chi connectivity index (χ4v) is 0.817. The summed E-state index contributed by atoms with van der Waals surface area (Å²) < 4.78 is 9.42. The van der Waals surface area contributed by atoms with E-state index in [4.69, 9.17) is 9.52 Å². The largest absolute Gasteiger partial charge is 0.475 e. The van der Waals surface area contributed by atoms with Gasteiger partial charge in [-0.2, -0.15) is 0 Å². The standard InChI is InChI=1S/C7H4N2O4/c10-7(11)5-2-8-6(13-5)4-1-9-12-3-4/h1-3H,(H,10,11). The van der Waals surface area contributed by atoms with E-state index in [0.717, 1.165) is 6.20 Å². The summed E-state index contributed by atoms with van der Waals surface area (Å²) in [5.74, 6) is -1.19. The maximum absolute atomic E-state index is 10.4. The van der Waals surface area contributed by atoms with Crippen molar-refractivity contribution in [3.05, 3.63) is 24.4 Å². The summed E-state index contributed by atoms with van der Waals surface area (Å²) in [4.78, 5) is 14.1. The van der Waals surface area contributed by atoms with E-state index in [1.165, 1.54) is 12.5 Å². The minimum atomic E-state index is -1.16. The van der Waals surface area contributed by atoms with Gasteiger partial charge in [-0.15, -0.1) is 0 Å². The Kier molecular flexibility index (Phi) is 1.59. The van der Waals surface area contributed by atoms with Crippen LogP contribution in [-0.2, 0) is 0 Å². The molecule has 0 saturated carbocycles. The van der Waals surface area contributed by atoms with Crippen molar-refractivity contribution in [3.63, 3.8) is 0 Å². The molecule has 0 unspecified atom stereocenters. The maximum Gasteiger partial charge on any atom is 0.373 e. The SMILES string of the molecule is O=C(O)c1cnc(-c2cnoc2)o1. The Morgan fingerprint density at radius 1 is 1.46 bits per heavy atom. The van der Waals surface area contributed by atoms with Crippen molar-refractivity contribution < 1.29 is 18.8 Å². The van der Waals surface area contributed by atoms with E-state index >= 15 is 0 Å². The molecule has 0 spiro atoms. The Balaban J connectivity index is 2.39. The van der Waals surface area contributed by atoms with E-state index < -0.39 is 5.97 Å². The summed E-state index contributed by atoms with van der Waals surface area (Å²) >= 11 is 0. The van der Waals surface area contributed by atoms with Gasteiger partial charge in [0.1, 0.15) is 6.26 Å². The molecule has 66 valence electrons. The minimum Gasteiger partial charge on any atom is -0.475 e. The summed E-state index contributed by atoms with van der Waals surface area (Å²) in [6.07, 6.45) is 3.83. The Morgan fingerprint density at radius 2 is 2.31 bits per heavy atom. The monoisotopic (exact) mass is 180 g/mol. The average molecular weight is 180 g/mol. The van der Waals surface area contributed by atoms with Crippen LogP contribution in [0.2, 0.25) is 0 Å². The zero-order chi connectivity index (χ0) is 9.26. The smallest absolute Gasteiger partial charge is 0.373 e. The predicted octanol–water partition coefficient (Wildman–Crippen LogP) is 1.03. The maximum atomic E-state index is 10.4. The van der Waals surface area contributed by atoms with E-state index in [0.29, 0.717) is 5.56 Å². The third-order valence-corrected chi connectivity index (χ3v) is 1.40. The number of carboxylic acids is 1. The van der Waals surface area contributed by atoms with Gasteiger partial charge < -0.3 is 14.0 Å². The Bertz CT molecular complexity index is 417. The van der Waals surface area contributed by atoms with Crippen molar-refractivity contribution in [2.24, 2.45) is 0 Å². The van der Waals surface area contributed by atoms with Crippen molar-refractivity contribution in [3.8, 4) is 11.5 Å². The van der Waals surface area contributed by atoms with Crippen LogP contribution < -0.4 is 0 Å². The highest BCUT2D eigenvalue weighted by Gasteiger charge is 2.12. The second-order valence-electron chi connectivity index (χ2n) is 2.25. The van der Waals surface area contributed by atoms with Crippen LogP contribution in [-0.4, -0.2) is 21.2 Å². The summed E-state index contributed by atoms with van der Waals surface area (Å²) in [6, 6.07) is 0. The van der Waals surface area contributed by atoms with Gasteiger partial charge >= 0.3 is 5.97 Å². The van der Waals surface area contributed by atoms with Crippen molar-refractivity contribution in [1.29, 1.82) is 0 Å². The van der Waals surface area contributed by atoms with E-state index in [1.807, 2.05) is 0 Å². The first-order valence-corrected chi connectivity index (χ1v) is 3.36. The molecule has 0 bridgehead atoms. The predicted molar refractivity (Wildman–Crippen MR) is 39.0 cm³/mol. The minimum absolute atomic E-state index is 0.179. The van der Waals surface area contributed by atoms with Crippen LogP contribution in [0.5, 0.6) is 0 Å². The number of nitrogens with zero attached hydrogens (tertiary/aromatic N) is 2. The molecule has 1 N–H and O–H groups in total. The summed E-state index contributed by atoms with van der Waals surface area (Å²) in [5, 5.41) is 12.0. The van der Waals surface area contributed by atoms with Gasteiger partial charge in [0.05, 0.1) is 18.0 Å². The van der Waals surface area contributed by atoms with Crippen LogP contribution in [0.25, 0.3) is 11.5 Å². The van der Waals surface area contributed by atoms with Gasteiger partial charge in [0.15, 0.2) is 0 Å². The van der Waals surface area contributed by atoms with Crippen LogP contribution in [0.3, 0.4) is 0 Å². The number of aromatic nitrogens is 2. The lowest BCUT2D eigenvalue weighted by Crippen LogP contribution is -1.91. The van der Waals surface area contributed by atoms with Crippen LogP contribution in [0.15, 0.2) is 27.6 Å². The van der Waals surface area contributed by atoms with Gasteiger partial charge in [0, 0.05) is 0 Å². The number of carboxylic acid groups (broad SMARTS) is 1. The molecule has 0 atom stereocenters. The second-order valence-corrected chi connectivity index (χ2v) is 2.25. The van der Waals surface area contributed by atoms with Crippen molar-refractivity contribution in [2.75, 3.05) is 0 Å². The molecular weight excluding hydrogens is 176 g/mol. The zero-order valence-electron chi connectivity index (χ0n) is 6.30. The number of oxazole rings is 1. The molecule has 2 rings (SSSR count). The molecule has 6 nitrogen and oxygen atoms in total. The van der Waals surface area contributed by atoms with Crippen molar-refractivity contribution >= 4 is 5.97 Å². The molecule has 2 heterocycles. The Morgan fingerprint density at radius 3 is 2.85 bits per heavy atom. The molecule has 2 aromatic rings. The van der Waals surface area contributed by atoms with E-state index in [-0.39, 0.29) is 11.7 Å². The molecule has 0 aromatic carbocycles. The molecule has 0 aliphatic carbocycles. The molecule has 0 amide bonds. The van der Waals surface area contributed by atoms with Crippen LogP contribution in [0, 0.1) is 0 Å². The first kappa shape index (κ1) is 7.53. The summed E-state index contributed by atoms with van der Waals surface area (Å²) in [7, 11) is 0. The van der Waals surface area contributed by atoms with Crippen LogP contribution in [0.4, 0.5) is 0 Å². The van der Waals surface area contributed by atoms with Crippen molar-refractivity contribution in [1.82, 2.24) is 10.1 Å². The van der Waals surface area contributed by atoms with Gasteiger partial charge in [-0.05, 0) is 0 Å². The molecule has 6 heteroatoms. The Labute approximate surface area is 71.8 Å². The molecule has 13 heavy (non-hydrogen) atoms. The highest BCUT2D eigenvalue weighted by molar-refractivity contribution is 5.84. The Hall–Kier alpha value is -2.11. The van der Waals surface area contributed by atoms with Gasteiger partial charge in [-0.1, -0.05) is 5.16 Å².